The summed E-state index contributed by atoms with van der Waals surface area (Å²) < 4.78 is 53.4. The second kappa shape index (κ2) is 8.49. The molecule has 4 nitrogen and oxygen atoms in total. The fourth-order valence-electron chi connectivity index (χ4n) is 1.54. The van der Waals surface area contributed by atoms with E-state index in [4.69, 9.17) is 19.5 Å². The van der Waals surface area contributed by atoms with Crippen LogP contribution in [0.1, 0.15) is 17.5 Å². The van der Waals surface area contributed by atoms with Gasteiger partial charge in [0.2, 0.25) is 0 Å². The SMILES string of the molecule is COCCOCCCOc1ccc(C#N)c(C(F)(F)F)c1. The molecule has 0 spiro atoms. The van der Waals surface area contributed by atoms with Crippen LogP contribution in [0, 0.1) is 11.3 Å². The van der Waals surface area contributed by atoms with Crippen LogP contribution in [0.2, 0.25) is 0 Å². The first-order valence-electron chi connectivity index (χ1n) is 6.30. The average molecular weight is 303 g/mol. The summed E-state index contributed by atoms with van der Waals surface area (Å²) in [6.07, 6.45) is -4.03. The van der Waals surface area contributed by atoms with E-state index in [0.717, 1.165) is 12.1 Å². The number of nitrogens with zero attached hydrogens (tertiary/aromatic N) is 1. The van der Waals surface area contributed by atoms with Crippen LogP contribution in [0.15, 0.2) is 18.2 Å². The summed E-state index contributed by atoms with van der Waals surface area (Å²) in [5, 5.41) is 8.67. The minimum absolute atomic E-state index is 0.0817. The van der Waals surface area contributed by atoms with Crippen LogP contribution >= 0.6 is 0 Å². The van der Waals surface area contributed by atoms with Crippen molar-refractivity contribution in [1.29, 1.82) is 5.26 Å². The van der Waals surface area contributed by atoms with E-state index in [9.17, 15) is 13.2 Å². The molecule has 0 saturated carbocycles. The number of nitriles is 1. The Morgan fingerprint density at radius 2 is 1.90 bits per heavy atom. The molecule has 0 saturated heterocycles. The monoisotopic (exact) mass is 303 g/mol. The normalized spacial score (nSPS) is 11.2. The topological polar surface area (TPSA) is 51.5 Å². The Balaban J connectivity index is 2.48. The number of methoxy groups -OCH3 is 1. The number of alkyl halides is 3. The average Bonchev–Trinajstić information content (AvgIpc) is 2.45. The highest BCUT2D eigenvalue weighted by atomic mass is 19.4. The molecule has 21 heavy (non-hydrogen) atoms. The Labute approximate surface area is 121 Å². The van der Waals surface area contributed by atoms with E-state index in [1.165, 1.54) is 12.1 Å². The van der Waals surface area contributed by atoms with Gasteiger partial charge in [0.05, 0.1) is 37.0 Å². The molecule has 1 rings (SSSR count). The summed E-state index contributed by atoms with van der Waals surface area (Å²) in [5.74, 6) is 0.0817. The molecule has 7 heteroatoms. The van der Waals surface area contributed by atoms with E-state index >= 15 is 0 Å². The minimum Gasteiger partial charge on any atom is -0.493 e. The van der Waals surface area contributed by atoms with Gasteiger partial charge in [-0.05, 0) is 18.2 Å². The number of halogens is 3. The highest BCUT2D eigenvalue weighted by Crippen LogP contribution is 2.34. The lowest BCUT2D eigenvalue weighted by Gasteiger charge is -2.12. The molecule has 0 unspecified atom stereocenters. The van der Waals surface area contributed by atoms with Gasteiger partial charge in [-0.1, -0.05) is 0 Å². The molecule has 1 aromatic rings. The van der Waals surface area contributed by atoms with Gasteiger partial charge in [0.15, 0.2) is 0 Å². The molecule has 1 aromatic carbocycles. The van der Waals surface area contributed by atoms with Crippen molar-refractivity contribution in [2.45, 2.75) is 12.6 Å². The molecule has 0 aliphatic rings. The van der Waals surface area contributed by atoms with Crippen LogP contribution in [0.3, 0.4) is 0 Å². The maximum Gasteiger partial charge on any atom is 0.417 e. The van der Waals surface area contributed by atoms with E-state index in [0.29, 0.717) is 26.2 Å². The number of hydrogen-bond acceptors (Lipinski definition) is 4. The molecule has 0 N–H and O–H groups in total. The Morgan fingerprint density at radius 1 is 1.14 bits per heavy atom. The lowest BCUT2D eigenvalue weighted by molar-refractivity contribution is -0.137. The number of benzene rings is 1. The minimum atomic E-state index is -4.58. The zero-order chi connectivity index (χ0) is 15.7. The van der Waals surface area contributed by atoms with Crippen molar-refractivity contribution >= 4 is 0 Å². The van der Waals surface area contributed by atoms with Crippen LogP contribution in [-0.4, -0.2) is 33.5 Å². The smallest absolute Gasteiger partial charge is 0.417 e. The molecule has 0 atom stereocenters. The zero-order valence-corrected chi connectivity index (χ0v) is 11.6. The van der Waals surface area contributed by atoms with E-state index in [1.807, 2.05) is 0 Å². The molecule has 0 amide bonds. The van der Waals surface area contributed by atoms with E-state index < -0.39 is 17.3 Å². The molecular formula is C14H16F3NO3. The third-order valence-electron chi connectivity index (χ3n) is 2.55. The maximum atomic E-state index is 12.7. The summed E-state index contributed by atoms with van der Waals surface area (Å²) in [7, 11) is 1.57. The summed E-state index contributed by atoms with van der Waals surface area (Å²) in [6, 6.07) is 4.81. The first kappa shape index (κ1) is 17.3. The van der Waals surface area contributed by atoms with Crippen LogP contribution in [-0.2, 0) is 15.7 Å². The Kier molecular flexibility index (Phi) is 6.99. The molecule has 0 fully saturated rings. The molecule has 0 aromatic heterocycles. The van der Waals surface area contributed by atoms with Crippen molar-refractivity contribution in [3.8, 4) is 11.8 Å². The van der Waals surface area contributed by atoms with Crippen molar-refractivity contribution in [1.82, 2.24) is 0 Å². The van der Waals surface area contributed by atoms with Gasteiger partial charge in [-0.3, -0.25) is 0 Å². The molecule has 0 bridgehead atoms. The largest absolute Gasteiger partial charge is 0.493 e. The van der Waals surface area contributed by atoms with Crippen molar-refractivity contribution < 1.29 is 27.4 Å². The van der Waals surface area contributed by atoms with Gasteiger partial charge in [-0.15, -0.1) is 0 Å². The standard InChI is InChI=1S/C14H16F3NO3/c1-19-7-8-20-5-2-6-21-12-4-3-11(10-18)13(9-12)14(15,16)17/h3-4,9H,2,5-8H2,1H3. The van der Waals surface area contributed by atoms with Crippen LogP contribution in [0.4, 0.5) is 13.2 Å². The molecule has 0 aliphatic heterocycles. The fraction of sp³-hybridized carbons (Fsp3) is 0.500. The van der Waals surface area contributed by atoms with Gasteiger partial charge in [0, 0.05) is 20.1 Å². The first-order valence-corrected chi connectivity index (χ1v) is 6.30. The van der Waals surface area contributed by atoms with Crippen LogP contribution in [0.5, 0.6) is 5.75 Å². The van der Waals surface area contributed by atoms with Gasteiger partial charge in [0.1, 0.15) is 5.75 Å². The van der Waals surface area contributed by atoms with Crippen molar-refractivity contribution in [3.63, 3.8) is 0 Å². The van der Waals surface area contributed by atoms with Gasteiger partial charge in [-0.2, -0.15) is 18.4 Å². The van der Waals surface area contributed by atoms with E-state index in [2.05, 4.69) is 0 Å². The van der Waals surface area contributed by atoms with Gasteiger partial charge < -0.3 is 14.2 Å². The third-order valence-corrected chi connectivity index (χ3v) is 2.55. The van der Waals surface area contributed by atoms with Gasteiger partial charge in [-0.25, -0.2) is 0 Å². The summed E-state index contributed by atoms with van der Waals surface area (Å²) >= 11 is 0. The summed E-state index contributed by atoms with van der Waals surface area (Å²) in [4.78, 5) is 0. The summed E-state index contributed by atoms with van der Waals surface area (Å²) in [6.45, 7) is 1.62. The lowest BCUT2D eigenvalue weighted by Crippen LogP contribution is -2.09. The second-order valence-electron chi connectivity index (χ2n) is 4.12. The number of hydrogen-bond donors (Lipinski definition) is 0. The fourth-order valence-corrected chi connectivity index (χ4v) is 1.54. The Hall–Kier alpha value is -1.78. The second-order valence-corrected chi connectivity index (χ2v) is 4.12. The number of rotatable bonds is 8. The van der Waals surface area contributed by atoms with E-state index in [-0.39, 0.29) is 12.4 Å². The number of ether oxygens (including phenoxy) is 3. The molecule has 116 valence electrons. The predicted molar refractivity (Wildman–Crippen MR) is 69.0 cm³/mol. The lowest BCUT2D eigenvalue weighted by atomic mass is 10.1. The van der Waals surface area contributed by atoms with Crippen molar-refractivity contribution in [2.24, 2.45) is 0 Å². The molecular weight excluding hydrogens is 287 g/mol. The first-order chi connectivity index (χ1) is 9.99. The molecule has 0 heterocycles. The zero-order valence-electron chi connectivity index (χ0n) is 11.6. The Morgan fingerprint density at radius 3 is 2.52 bits per heavy atom. The quantitative estimate of drug-likeness (QED) is 0.693. The van der Waals surface area contributed by atoms with Crippen molar-refractivity contribution in [2.75, 3.05) is 33.5 Å². The molecule has 0 aliphatic carbocycles. The van der Waals surface area contributed by atoms with Gasteiger partial charge in [0.25, 0.3) is 0 Å². The van der Waals surface area contributed by atoms with Crippen LogP contribution < -0.4 is 4.74 Å². The third kappa shape index (κ3) is 6.02. The molecule has 0 radical (unpaired) electrons. The van der Waals surface area contributed by atoms with E-state index in [1.54, 1.807) is 7.11 Å². The summed E-state index contributed by atoms with van der Waals surface area (Å²) in [5.41, 5.74) is -1.41. The van der Waals surface area contributed by atoms with Crippen molar-refractivity contribution in [3.05, 3.63) is 29.3 Å². The Bertz CT molecular complexity index is 483. The highest BCUT2D eigenvalue weighted by molar-refractivity contribution is 5.44. The van der Waals surface area contributed by atoms with Crippen LogP contribution in [0.25, 0.3) is 0 Å². The predicted octanol–water partition coefficient (Wildman–Crippen LogP) is 3.01. The maximum absolute atomic E-state index is 12.7. The highest BCUT2D eigenvalue weighted by Gasteiger charge is 2.34. The van der Waals surface area contributed by atoms with Gasteiger partial charge >= 0.3 is 6.18 Å².